The first-order valence-corrected chi connectivity index (χ1v) is 10.4. The molecule has 1 aromatic carbocycles. The van der Waals surface area contributed by atoms with Crippen molar-refractivity contribution in [2.75, 3.05) is 58.0 Å². The molecule has 3 aromatic rings. The van der Waals surface area contributed by atoms with Crippen LogP contribution in [0, 0.1) is 0 Å². The van der Waals surface area contributed by atoms with Crippen LogP contribution in [0.25, 0.3) is 17.0 Å². The van der Waals surface area contributed by atoms with E-state index < -0.39 is 11.7 Å². The molecule has 12 heteroatoms. The Morgan fingerprint density at radius 2 is 1.91 bits per heavy atom. The third kappa shape index (κ3) is 5.22. The highest BCUT2D eigenvalue weighted by Crippen LogP contribution is 2.32. The number of alkyl halides is 3. The zero-order valence-corrected chi connectivity index (χ0v) is 18.0. The van der Waals surface area contributed by atoms with Crippen molar-refractivity contribution in [2.45, 2.75) is 6.18 Å². The number of rotatable bonds is 7. The number of halogens is 3. The molecular formula is C21H23F3N6O3. The predicted molar refractivity (Wildman–Crippen MR) is 113 cm³/mol. The van der Waals surface area contributed by atoms with Gasteiger partial charge in [0.25, 0.3) is 5.78 Å². The van der Waals surface area contributed by atoms with Crippen molar-refractivity contribution in [3.05, 3.63) is 42.1 Å². The quantitative estimate of drug-likeness (QED) is 0.495. The Kier molecular flexibility index (Phi) is 6.75. The molecule has 3 heterocycles. The fraction of sp³-hybridized carbons (Fsp3) is 0.429. The van der Waals surface area contributed by atoms with Crippen molar-refractivity contribution in [3.8, 4) is 11.3 Å². The fourth-order valence-electron chi connectivity index (χ4n) is 3.54. The van der Waals surface area contributed by atoms with Gasteiger partial charge in [-0.25, -0.2) is 4.98 Å². The van der Waals surface area contributed by atoms with Gasteiger partial charge in [-0.05, 0) is 18.2 Å². The van der Waals surface area contributed by atoms with E-state index in [-0.39, 0.29) is 18.3 Å². The summed E-state index contributed by atoms with van der Waals surface area (Å²) in [5.74, 6) is 0.595. The van der Waals surface area contributed by atoms with Crippen LogP contribution in [0.4, 0.5) is 19.1 Å². The first-order chi connectivity index (χ1) is 15.9. The lowest BCUT2D eigenvalue weighted by Crippen LogP contribution is -2.50. The van der Waals surface area contributed by atoms with Gasteiger partial charge >= 0.3 is 6.18 Å². The molecule has 0 atom stereocenters. The Hall–Kier alpha value is -3.25. The summed E-state index contributed by atoms with van der Waals surface area (Å²) in [5, 5.41) is 4.49. The summed E-state index contributed by atoms with van der Waals surface area (Å²) in [5.41, 5.74) is 0.0710. The number of hydrogen-bond donors (Lipinski definition) is 0. The largest absolute Gasteiger partial charge is 0.416 e. The van der Waals surface area contributed by atoms with Crippen LogP contribution in [-0.4, -0.2) is 83.5 Å². The topological polar surface area (TPSA) is 85.1 Å². The molecule has 0 unspecified atom stereocenters. The van der Waals surface area contributed by atoms with Gasteiger partial charge in [-0.15, -0.1) is 5.10 Å². The van der Waals surface area contributed by atoms with E-state index in [9.17, 15) is 18.0 Å². The van der Waals surface area contributed by atoms with Crippen molar-refractivity contribution in [1.29, 1.82) is 0 Å². The van der Waals surface area contributed by atoms with E-state index in [1.807, 2.05) is 4.90 Å². The molecule has 1 saturated heterocycles. The number of carbonyl (C=O) groups is 1. The monoisotopic (exact) mass is 464 g/mol. The highest BCUT2D eigenvalue weighted by atomic mass is 19.4. The standard InChI is InChI=1S/C21H23F3N6O3/c1-32-11-12-33-14-18(31)28-7-9-29(10-8-28)20-26-19-25-6-5-17(30(19)27-20)15-3-2-4-16(13-15)21(22,23)24/h2-6,13H,7-12,14H2,1H3. The maximum absolute atomic E-state index is 13.1. The fourth-order valence-corrected chi connectivity index (χ4v) is 3.54. The molecule has 0 bridgehead atoms. The van der Waals surface area contributed by atoms with Gasteiger partial charge in [0.15, 0.2) is 0 Å². The molecule has 1 aliphatic rings. The summed E-state index contributed by atoms with van der Waals surface area (Å²) in [6.07, 6.45) is -2.95. The molecule has 9 nitrogen and oxygen atoms in total. The van der Waals surface area contributed by atoms with E-state index in [1.165, 1.54) is 16.8 Å². The maximum atomic E-state index is 13.1. The Morgan fingerprint density at radius 3 is 2.64 bits per heavy atom. The molecule has 0 spiro atoms. The average molecular weight is 464 g/mol. The van der Waals surface area contributed by atoms with Gasteiger partial charge in [0, 0.05) is 45.0 Å². The number of carbonyl (C=O) groups excluding carboxylic acids is 1. The number of fused-ring (bicyclic) bond motifs is 1. The normalized spacial score (nSPS) is 14.8. The minimum atomic E-state index is -4.44. The molecule has 0 N–H and O–H groups in total. The zero-order valence-electron chi connectivity index (χ0n) is 18.0. The second kappa shape index (κ2) is 9.71. The lowest BCUT2D eigenvalue weighted by molar-refractivity contribution is -0.138. The molecule has 0 aliphatic carbocycles. The van der Waals surface area contributed by atoms with Crippen molar-refractivity contribution in [1.82, 2.24) is 24.5 Å². The predicted octanol–water partition coefficient (Wildman–Crippen LogP) is 2.12. The number of ether oxygens (including phenoxy) is 2. The van der Waals surface area contributed by atoms with Crippen molar-refractivity contribution in [2.24, 2.45) is 0 Å². The average Bonchev–Trinajstić information content (AvgIpc) is 3.26. The minimum absolute atomic E-state index is 0.000242. The summed E-state index contributed by atoms with van der Waals surface area (Å²) in [6.45, 7) is 2.77. The van der Waals surface area contributed by atoms with Gasteiger partial charge in [0.05, 0.1) is 24.5 Å². The minimum Gasteiger partial charge on any atom is -0.382 e. The van der Waals surface area contributed by atoms with Gasteiger partial charge in [0.2, 0.25) is 11.9 Å². The highest BCUT2D eigenvalue weighted by molar-refractivity contribution is 5.77. The van der Waals surface area contributed by atoms with Crippen LogP contribution in [0.15, 0.2) is 36.5 Å². The second-order valence-electron chi connectivity index (χ2n) is 7.45. The zero-order chi connectivity index (χ0) is 23.4. The summed E-state index contributed by atoms with van der Waals surface area (Å²) >= 11 is 0. The molecule has 176 valence electrons. The van der Waals surface area contributed by atoms with Crippen molar-refractivity contribution < 1.29 is 27.4 Å². The van der Waals surface area contributed by atoms with Crippen LogP contribution in [0.2, 0.25) is 0 Å². The Balaban J connectivity index is 1.48. The third-order valence-corrected chi connectivity index (χ3v) is 5.29. The molecule has 4 rings (SSSR count). The van der Waals surface area contributed by atoms with Crippen LogP contribution >= 0.6 is 0 Å². The molecule has 1 aliphatic heterocycles. The lowest BCUT2D eigenvalue weighted by atomic mass is 10.1. The molecule has 33 heavy (non-hydrogen) atoms. The number of amides is 1. The van der Waals surface area contributed by atoms with Gasteiger partial charge in [-0.1, -0.05) is 12.1 Å². The third-order valence-electron chi connectivity index (χ3n) is 5.29. The first kappa shape index (κ1) is 22.9. The van der Waals surface area contributed by atoms with Crippen LogP contribution in [0.1, 0.15) is 5.56 Å². The van der Waals surface area contributed by atoms with E-state index in [1.54, 1.807) is 24.1 Å². The van der Waals surface area contributed by atoms with Crippen LogP contribution in [0.3, 0.4) is 0 Å². The van der Waals surface area contributed by atoms with Gasteiger partial charge in [0.1, 0.15) is 6.61 Å². The van der Waals surface area contributed by atoms with E-state index in [0.29, 0.717) is 56.6 Å². The maximum Gasteiger partial charge on any atom is 0.416 e. The van der Waals surface area contributed by atoms with Crippen molar-refractivity contribution in [3.63, 3.8) is 0 Å². The van der Waals surface area contributed by atoms with Crippen LogP contribution in [0.5, 0.6) is 0 Å². The van der Waals surface area contributed by atoms with Crippen LogP contribution < -0.4 is 4.90 Å². The Labute approximate surface area is 187 Å². The van der Waals surface area contributed by atoms with E-state index in [0.717, 1.165) is 12.1 Å². The second-order valence-corrected chi connectivity index (χ2v) is 7.45. The smallest absolute Gasteiger partial charge is 0.382 e. The van der Waals surface area contributed by atoms with Crippen LogP contribution in [-0.2, 0) is 20.4 Å². The SMILES string of the molecule is COCCOCC(=O)N1CCN(c2nc3nccc(-c4cccc(C(F)(F)F)c4)n3n2)CC1. The van der Waals surface area contributed by atoms with E-state index in [2.05, 4.69) is 15.1 Å². The lowest BCUT2D eigenvalue weighted by Gasteiger charge is -2.34. The van der Waals surface area contributed by atoms with Gasteiger partial charge in [-0.3, -0.25) is 4.79 Å². The molecular weight excluding hydrogens is 441 g/mol. The summed E-state index contributed by atoms with van der Waals surface area (Å²) in [7, 11) is 1.57. The first-order valence-electron chi connectivity index (χ1n) is 10.4. The van der Waals surface area contributed by atoms with Gasteiger partial charge in [-0.2, -0.15) is 22.7 Å². The molecule has 1 fully saturated rings. The van der Waals surface area contributed by atoms with Gasteiger partial charge < -0.3 is 19.3 Å². The molecule has 1 amide bonds. The Bertz CT molecular complexity index is 1110. The number of anilines is 1. The summed E-state index contributed by atoms with van der Waals surface area (Å²) in [4.78, 5) is 24.5. The molecule has 0 radical (unpaired) electrons. The number of aromatic nitrogens is 4. The number of nitrogens with zero attached hydrogens (tertiary/aromatic N) is 6. The number of hydrogen-bond acceptors (Lipinski definition) is 7. The Morgan fingerprint density at radius 1 is 1.12 bits per heavy atom. The number of piperazine rings is 1. The van der Waals surface area contributed by atoms with E-state index in [4.69, 9.17) is 9.47 Å². The molecule has 0 saturated carbocycles. The number of benzene rings is 1. The molecule has 2 aromatic heterocycles. The summed E-state index contributed by atoms with van der Waals surface area (Å²) < 4.78 is 51.0. The number of methoxy groups -OCH3 is 1. The highest BCUT2D eigenvalue weighted by Gasteiger charge is 2.31. The van der Waals surface area contributed by atoms with Crippen molar-refractivity contribution >= 4 is 17.6 Å². The summed E-state index contributed by atoms with van der Waals surface area (Å²) in [6, 6.07) is 6.65. The van der Waals surface area contributed by atoms with E-state index >= 15 is 0 Å².